The van der Waals surface area contributed by atoms with E-state index in [1.54, 1.807) is 17.9 Å². The van der Waals surface area contributed by atoms with Crippen molar-refractivity contribution in [2.24, 2.45) is 0 Å². The van der Waals surface area contributed by atoms with Crippen LogP contribution < -0.4 is 4.74 Å². The summed E-state index contributed by atoms with van der Waals surface area (Å²) in [6, 6.07) is 4.45. The zero-order chi connectivity index (χ0) is 19.5. The topological polar surface area (TPSA) is 82.1 Å². The predicted octanol–water partition coefficient (Wildman–Crippen LogP) is 3.12. The maximum atomic E-state index is 12.5. The zero-order valence-corrected chi connectivity index (χ0v) is 15.8. The van der Waals surface area contributed by atoms with Gasteiger partial charge >= 0.3 is 12.1 Å². The second-order valence-corrected chi connectivity index (χ2v) is 7.00. The minimum atomic E-state index is -0.899. The van der Waals surface area contributed by atoms with Crippen LogP contribution in [-0.2, 0) is 14.3 Å². The number of ether oxygens (including phenoxy) is 3. The molecule has 0 saturated heterocycles. The van der Waals surface area contributed by atoms with Gasteiger partial charge in [-0.3, -0.25) is 9.69 Å². The lowest BCUT2D eigenvalue weighted by Crippen LogP contribution is -2.39. The fourth-order valence-electron chi connectivity index (χ4n) is 2.65. The molecule has 1 heterocycles. The molecule has 0 N–H and O–H groups in total. The Bertz CT molecular complexity index is 706. The second kappa shape index (κ2) is 7.76. The summed E-state index contributed by atoms with van der Waals surface area (Å²) >= 11 is 0. The Morgan fingerprint density at radius 2 is 1.96 bits per heavy atom. The zero-order valence-electron chi connectivity index (χ0n) is 15.8. The predicted molar refractivity (Wildman–Crippen MR) is 94.3 cm³/mol. The van der Waals surface area contributed by atoms with E-state index in [9.17, 15) is 14.4 Å². The number of esters is 1. The van der Waals surface area contributed by atoms with Crippen molar-refractivity contribution in [2.45, 2.75) is 46.3 Å². The third kappa shape index (κ3) is 4.53. The number of nitrogens with zero attached hydrogens (tertiary/aromatic N) is 1. The number of benzene rings is 1. The fourth-order valence-corrected chi connectivity index (χ4v) is 2.65. The van der Waals surface area contributed by atoms with E-state index in [0.717, 1.165) is 5.56 Å². The number of carbonyl (C=O) groups is 3. The van der Waals surface area contributed by atoms with Crippen molar-refractivity contribution in [3.05, 3.63) is 29.3 Å². The summed E-state index contributed by atoms with van der Waals surface area (Å²) in [4.78, 5) is 37.8. The van der Waals surface area contributed by atoms with Gasteiger partial charge in [0.25, 0.3) is 5.78 Å². The number of hydrogen-bond donors (Lipinski definition) is 0. The van der Waals surface area contributed by atoms with E-state index in [0.29, 0.717) is 12.3 Å². The van der Waals surface area contributed by atoms with Gasteiger partial charge in [-0.05, 0) is 40.7 Å². The Labute approximate surface area is 153 Å². The summed E-state index contributed by atoms with van der Waals surface area (Å²) < 4.78 is 15.9. The summed E-state index contributed by atoms with van der Waals surface area (Å²) in [6.45, 7) is 9.68. The monoisotopic (exact) mass is 363 g/mol. The van der Waals surface area contributed by atoms with E-state index in [1.165, 1.54) is 12.1 Å². The SMILES string of the molecule is CCOC(=O)C(=O)c1ccc2c(c1)OCCN(C(=O)OC(C)(C)C)[C@H]2C. The Kier molecular flexibility index (Phi) is 5.90. The highest BCUT2D eigenvalue weighted by atomic mass is 16.6. The Morgan fingerprint density at radius 1 is 1.27 bits per heavy atom. The minimum absolute atomic E-state index is 0.133. The van der Waals surface area contributed by atoms with Gasteiger partial charge in [0.05, 0.1) is 19.2 Å². The quantitative estimate of drug-likeness (QED) is 0.466. The van der Waals surface area contributed by atoms with Gasteiger partial charge in [-0.15, -0.1) is 0 Å². The van der Waals surface area contributed by atoms with Gasteiger partial charge in [-0.25, -0.2) is 9.59 Å². The van der Waals surface area contributed by atoms with Crippen LogP contribution >= 0.6 is 0 Å². The Hall–Kier alpha value is -2.57. The van der Waals surface area contributed by atoms with Crippen molar-refractivity contribution in [3.8, 4) is 5.75 Å². The summed E-state index contributed by atoms with van der Waals surface area (Å²) in [7, 11) is 0. The highest BCUT2D eigenvalue weighted by Gasteiger charge is 2.31. The molecule has 142 valence electrons. The third-order valence-electron chi connectivity index (χ3n) is 3.87. The molecule has 0 aromatic heterocycles. The van der Waals surface area contributed by atoms with E-state index in [1.807, 2.05) is 27.7 Å². The van der Waals surface area contributed by atoms with Crippen LogP contribution in [0.3, 0.4) is 0 Å². The second-order valence-electron chi connectivity index (χ2n) is 7.00. The van der Waals surface area contributed by atoms with Gasteiger partial charge in [-0.1, -0.05) is 12.1 Å². The Balaban J connectivity index is 2.26. The highest BCUT2D eigenvalue weighted by molar-refractivity contribution is 6.40. The molecule has 1 aliphatic heterocycles. The van der Waals surface area contributed by atoms with E-state index in [-0.39, 0.29) is 24.8 Å². The largest absolute Gasteiger partial charge is 0.491 e. The number of rotatable bonds is 3. The number of amides is 1. The van der Waals surface area contributed by atoms with Crippen LogP contribution in [0.4, 0.5) is 4.79 Å². The first-order valence-electron chi connectivity index (χ1n) is 8.62. The number of Topliss-reactive ketones (excluding diaryl/α,β-unsaturated/α-hetero) is 1. The molecule has 7 heteroatoms. The Morgan fingerprint density at radius 3 is 2.58 bits per heavy atom. The van der Waals surface area contributed by atoms with Gasteiger partial charge in [0.2, 0.25) is 0 Å². The molecule has 1 aliphatic rings. The van der Waals surface area contributed by atoms with Gasteiger partial charge in [-0.2, -0.15) is 0 Å². The first kappa shape index (κ1) is 19.8. The molecule has 0 fully saturated rings. The average molecular weight is 363 g/mol. The molecule has 0 radical (unpaired) electrons. The van der Waals surface area contributed by atoms with Crippen LogP contribution in [0.1, 0.15) is 56.6 Å². The molecular weight excluding hydrogens is 338 g/mol. The fraction of sp³-hybridized carbons (Fsp3) is 0.526. The van der Waals surface area contributed by atoms with Crippen LogP contribution in [-0.4, -0.2) is 48.1 Å². The van der Waals surface area contributed by atoms with Crippen molar-refractivity contribution >= 4 is 17.8 Å². The molecule has 0 aliphatic carbocycles. The summed E-state index contributed by atoms with van der Waals surface area (Å²) in [6.07, 6.45) is -0.423. The summed E-state index contributed by atoms with van der Waals surface area (Å²) in [5, 5.41) is 0. The van der Waals surface area contributed by atoms with E-state index < -0.39 is 23.4 Å². The average Bonchev–Trinajstić information content (AvgIpc) is 2.71. The van der Waals surface area contributed by atoms with Crippen LogP contribution in [0.15, 0.2) is 18.2 Å². The molecule has 0 unspecified atom stereocenters. The van der Waals surface area contributed by atoms with E-state index in [4.69, 9.17) is 14.2 Å². The van der Waals surface area contributed by atoms with Crippen LogP contribution in [0.5, 0.6) is 5.75 Å². The van der Waals surface area contributed by atoms with E-state index >= 15 is 0 Å². The number of hydrogen-bond acceptors (Lipinski definition) is 6. The van der Waals surface area contributed by atoms with E-state index in [2.05, 4.69) is 0 Å². The first-order valence-corrected chi connectivity index (χ1v) is 8.62. The third-order valence-corrected chi connectivity index (χ3v) is 3.87. The van der Waals surface area contributed by atoms with Crippen LogP contribution in [0, 0.1) is 0 Å². The van der Waals surface area contributed by atoms with Crippen molar-refractivity contribution in [2.75, 3.05) is 19.8 Å². The molecular formula is C19H25NO6. The molecule has 1 aromatic rings. The van der Waals surface area contributed by atoms with Crippen molar-refractivity contribution in [3.63, 3.8) is 0 Å². The number of fused-ring (bicyclic) bond motifs is 1. The molecule has 1 amide bonds. The molecule has 0 spiro atoms. The molecule has 0 bridgehead atoms. The van der Waals surface area contributed by atoms with Gasteiger partial charge in [0, 0.05) is 11.1 Å². The first-order chi connectivity index (χ1) is 12.1. The van der Waals surface area contributed by atoms with Crippen LogP contribution in [0.25, 0.3) is 0 Å². The van der Waals surface area contributed by atoms with Crippen LogP contribution in [0.2, 0.25) is 0 Å². The molecule has 26 heavy (non-hydrogen) atoms. The normalized spacial score (nSPS) is 16.8. The summed E-state index contributed by atoms with van der Waals surface area (Å²) in [5.74, 6) is -1.15. The molecule has 1 aromatic carbocycles. The lowest BCUT2D eigenvalue weighted by atomic mass is 10.0. The minimum Gasteiger partial charge on any atom is -0.491 e. The maximum absolute atomic E-state index is 12.5. The van der Waals surface area contributed by atoms with Crippen molar-refractivity contribution in [1.29, 1.82) is 0 Å². The van der Waals surface area contributed by atoms with Gasteiger partial charge in [0.1, 0.15) is 18.0 Å². The smallest absolute Gasteiger partial charge is 0.410 e. The van der Waals surface area contributed by atoms with Gasteiger partial charge < -0.3 is 14.2 Å². The van der Waals surface area contributed by atoms with Crippen molar-refractivity contribution < 1.29 is 28.6 Å². The molecule has 2 rings (SSSR count). The number of carbonyl (C=O) groups excluding carboxylic acids is 3. The maximum Gasteiger partial charge on any atom is 0.410 e. The molecule has 1 atom stereocenters. The summed E-state index contributed by atoms with van der Waals surface area (Å²) in [5.41, 5.74) is 0.344. The highest BCUT2D eigenvalue weighted by Crippen LogP contribution is 2.33. The molecule has 7 nitrogen and oxygen atoms in total. The lowest BCUT2D eigenvalue weighted by molar-refractivity contribution is -0.137. The lowest BCUT2D eigenvalue weighted by Gasteiger charge is -2.30. The number of ketones is 1. The van der Waals surface area contributed by atoms with Gasteiger partial charge in [0.15, 0.2) is 0 Å². The van der Waals surface area contributed by atoms with Crippen molar-refractivity contribution in [1.82, 2.24) is 4.90 Å². The molecule has 0 saturated carbocycles. The standard InChI is InChI=1S/C19H25NO6/c1-6-24-17(22)16(21)13-7-8-14-12(2)20(9-10-25-15(14)11-13)18(23)26-19(3,4)5/h7-8,11-12H,6,9-10H2,1-5H3/t12-/m0/s1.